The predicted octanol–water partition coefficient (Wildman–Crippen LogP) is 5.69. The number of nitriles is 2. The highest BCUT2D eigenvalue weighted by Gasteiger charge is 2.63. The number of nitrogens with zero attached hydrogens (tertiary/aromatic N) is 3. The molecule has 1 saturated heterocycles. The Bertz CT molecular complexity index is 1250. The van der Waals surface area contributed by atoms with E-state index in [1.54, 1.807) is 24.3 Å². The van der Waals surface area contributed by atoms with Crippen LogP contribution in [0.5, 0.6) is 0 Å². The Balaban J connectivity index is 1.77. The maximum atomic E-state index is 13.9. The molecule has 2 aliphatic heterocycles. The van der Waals surface area contributed by atoms with Crippen molar-refractivity contribution < 1.29 is 4.79 Å². The van der Waals surface area contributed by atoms with Crippen LogP contribution in [-0.2, 0) is 0 Å². The summed E-state index contributed by atoms with van der Waals surface area (Å²) in [6.07, 6.45) is 3.84. The van der Waals surface area contributed by atoms with Crippen LogP contribution in [0.3, 0.4) is 0 Å². The third-order valence-corrected chi connectivity index (χ3v) is 7.17. The highest BCUT2D eigenvalue weighted by Crippen LogP contribution is 2.55. The first-order valence-corrected chi connectivity index (χ1v) is 11.1. The Morgan fingerprint density at radius 1 is 1.06 bits per heavy atom. The molecule has 2 aromatic carbocycles. The van der Waals surface area contributed by atoms with Gasteiger partial charge in [-0.05, 0) is 58.3 Å². The third-order valence-electron chi connectivity index (χ3n) is 6.21. The summed E-state index contributed by atoms with van der Waals surface area (Å²) in [4.78, 5) is 15.9. The summed E-state index contributed by atoms with van der Waals surface area (Å²) in [6, 6.07) is 19.9. The molecule has 150 valence electrons. The molecule has 1 aromatic heterocycles. The van der Waals surface area contributed by atoms with Crippen molar-refractivity contribution in [2.75, 3.05) is 4.90 Å². The molecule has 0 radical (unpaired) electrons. The van der Waals surface area contributed by atoms with Crippen molar-refractivity contribution in [1.82, 2.24) is 0 Å². The molecule has 0 amide bonds. The van der Waals surface area contributed by atoms with Crippen LogP contribution in [0.2, 0.25) is 5.02 Å². The van der Waals surface area contributed by atoms with Crippen molar-refractivity contribution >= 4 is 40.5 Å². The number of anilines is 1. The fraction of sp³-hybridized carbons (Fsp3) is 0.160. The number of ketones is 1. The summed E-state index contributed by atoms with van der Waals surface area (Å²) >= 11 is 7.53. The highest BCUT2D eigenvalue weighted by molar-refractivity contribution is 7.08. The monoisotopic (exact) mass is 441 g/mol. The van der Waals surface area contributed by atoms with E-state index < -0.39 is 23.4 Å². The van der Waals surface area contributed by atoms with Gasteiger partial charge in [-0.1, -0.05) is 42.0 Å². The SMILES string of the molecule is N#CC1(C#N)[C@H](c2ccsc2)[C@@H](C(=O)c2ccc(Cl)cc2)N2c3ccccc3C=C[C@@H]21. The maximum absolute atomic E-state index is 13.9. The van der Waals surface area contributed by atoms with Gasteiger partial charge in [-0.2, -0.15) is 21.9 Å². The average molecular weight is 442 g/mol. The number of carbonyl (C=O) groups is 1. The average Bonchev–Trinajstić information content (AvgIpc) is 3.43. The quantitative estimate of drug-likeness (QED) is 0.490. The molecule has 0 unspecified atom stereocenters. The van der Waals surface area contributed by atoms with Crippen molar-refractivity contribution in [2.45, 2.75) is 18.0 Å². The number of para-hydroxylation sites is 1. The first-order chi connectivity index (χ1) is 15.1. The second kappa shape index (κ2) is 7.39. The lowest BCUT2D eigenvalue weighted by molar-refractivity contribution is 0.0951. The van der Waals surface area contributed by atoms with Crippen LogP contribution >= 0.6 is 22.9 Å². The predicted molar refractivity (Wildman–Crippen MR) is 122 cm³/mol. The van der Waals surface area contributed by atoms with Crippen molar-refractivity contribution in [3.05, 3.63) is 93.1 Å². The molecular formula is C25H16ClN3OS. The van der Waals surface area contributed by atoms with E-state index in [0.29, 0.717) is 10.6 Å². The molecule has 0 bridgehead atoms. The summed E-state index contributed by atoms with van der Waals surface area (Å²) in [5.74, 6) is -0.729. The smallest absolute Gasteiger partial charge is 0.185 e. The van der Waals surface area contributed by atoms with Crippen LogP contribution < -0.4 is 4.90 Å². The van der Waals surface area contributed by atoms with E-state index in [1.165, 1.54) is 11.3 Å². The van der Waals surface area contributed by atoms with Crippen molar-refractivity contribution in [1.29, 1.82) is 10.5 Å². The second-order valence-electron chi connectivity index (χ2n) is 7.71. The Morgan fingerprint density at radius 2 is 1.81 bits per heavy atom. The number of Topliss-reactive ketones (excluding diaryl/α,β-unsaturated/α-hetero) is 1. The van der Waals surface area contributed by atoms with Crippen LogP contribution in [0.15, 0.2) is 71.4 Å². The van der Waals surface area contributed by atoms with Crippen LogP contribution in [0.25, 0.3) is 6.08 Å². The minimum Gasteiger partial charge on any atom is -0.351 e. The number of hydrogen-bond acceptors (Lipinski definition) is 5. The zero-order chi connectivity index (χ0) is 21.6. The lowest BCUT2D eigenvalue weighted by atomic mass is 9.69. The first-order valence-electron chi connectivity index (χ1n) is 9.80. The van der Waals surface area contributed by atoms with Gasteiger partial charge in [0.05, 0.1) is 18.2 Å². The number of rotatable bonds is 3. The zero-order valence-corrected chi connectivity index (χ0v) is 17.8. The van der Waals surface area contributed by atoms with Gasteiger partial charge in [0.15, 0.2) is 11.2 Å². The van der Waals surface area contributed by atoms with Gasteiger partial charge < -0.3 is 4.90 Å². The van der Waals surface area contributed by atoms with Gasteiger partial charge in [-0.25, -0.2) is 0 Å². The van der Waals surface area contributed by atoms with E-state index in [4.69, 9.17) is 11.6 Å². The highest BCUT2D eigenvalue weighted by atomic mass is 35.5. The number of carbonyl (C=O) groups excluding carboxylic acids is 1. The van der Waals surface area contributed by atoms with E-state index in [9.17, 15) is 15.3 Å². The van der Waals surface area contributed by atoms with Gasteiger partial charge in [0.1, 0.15) is 6.04 Å². The molecule has 1 fully saturated rings. The topological polar surface area (TPSA) is 67.9 Å². The molecule has 5 rings (SSSR count). The standard InChI is InChI=1S/C25H16ClN3OS/c26-19-8-5-17(6-9-19)24(30)23-22(18-11-12-31-13-18)25(14-27,15-28)21-10-7-16-3-1-2-4-20(16)29(21)23/h1-13,21-23H/t21-,22-,23+/m1/s1. The van der Waals surface area contributed by atoms with Gasteiger partial charge in [-0.15, -0.1) is 0 Å². The maximum Gasteiger partial charge on any atom is 0.185 e. The van der Waals surface area contributed by atoms with Crippen molar-refractivity contribution in [3.63, 3.8) is 0 Å². The fourth-order valence-corrected chi connectivity index (χ4v) is 5.67. The zero-order valence-electron chi connectivity index (χ0n) is 16.3. The lowest BCUT2D eigenvalue weighted by Crippen LogP contribution is -2.44. The Morgan fingerprint density at radius 3 is 2.48 bits per heavy atom. The van der Waals surface area contributed by atoms with E-state index in [2.05, 4.69) is 12.1 Å². The molecule has 3 atom stereocenters. The molecule has 31 heavy (non-hydrogen) atoms. The largest absolute Gasteiger partial charge is 0.351 e. The molecular weight excluding hydrogens is 426 g/mol. The van der Waals surface area contributed by atoms with Gasteiger partial charge in [-0.3, -0.25) is 4.79 Å². The lowest BCUT2D eigenvalue weighted by Gasteiger charge is -2.35. The second-order valence-corrected chi connectivity index (χ2v) is 8.93. The Kier molecular flexibility index (Phi) is 4.67. The molecule has 6 heteroatoms. The fourth-order valence-electron chi connectivity index (χ4n) is 4.84. The molecule has 0 saturated carbocycles. The van der Waals surface area contributed by atoms with Gasteiger partial charge >= 0.3 is 0 Å². The van der Waals surface area contributed by atoms with Crippen LogP contribution in [-0.4, -0.2) is 17.9 Å². The summed E-state index contributed by atoms with van der Waals surface area (Å²) < 4.78 is 0. The minimum atomic E-state index is -1.40. The molecule has 3 aromatic rings. The van der Waals surface area contributed by atoms with Gasteiger partial charge in [0.2, 0.25) is 0 Å². The van der Waals surface area contributed by atoms with E-state index >= 15 is 0 Å². The molecule has 3 heterocycles. The molecule has 0 N–H and O–H groups in total. The van der Waals surface area contributed by atoms with Crippen LogP contribution in [0.4, 0.5) is 5.69 Å². The minimum absolute atomic E-state index is 0.129. The molecule has 4 nitrogen and oxygen atoms in total. The van der Waals surface area contributed by atoms with Crippen LogP contribution in [0.1, 0.15) is 27.4 Å². The summed E-state index contributed by atoms with van der Waals surface area (Å²) in [5, 5.41) is 25.0. The summed E-state index contributed by atoms with van der Waals surface area (Å²) in [7, 11) is 0. The van der Waals surface area contributed by atoms with Crippen molar-refractivity contribution in [3.8, 4) is 12.1 Å². The van der Waals surface area contributed by atoms with E-state index in [0.717, 1.165) is 16.8 Å². The Hall–Kier alpha value is -3.38. The normalized spacial score (nSPS) is 22.8. The number of fused-ring (bicyclic) bond motifs is 3. The van der Waals surface area contributed by atoms with Gasteiger partial charge in [0, 0.05) is 22.2 Å². The first kappa shape index (κ1) is 19.6. The molecule has 2 aliphatic rings. The molecule has 0 aliphatic carbocycles. The number of benzene rings is 2. The molecule has 0 spiro atoms. The third kappa shape index (κ3) is 2.82. The van der Waals surface area contributed by atoms with E-state index in [1.807, 2.05) is 58.1 Å². The summed E-state index contributed by atoms with van der Waals surface area (Å²) in [6.45, 7) is 0. The van der Waals surface area contributed by atoms with Gasteiger partial charge in [0.25, 0.3) is 0 Å². The van der Waals surface area contributed by atoms with Crippen molar-refractivity contribution in [2.24, 2.45) is 5.41 Å². The van der Waals surface area contributed by atoms with Crippen LogP contribution in [0, 0.1) is 28.1 Å². The number of thiophene rings is 1. The van der Waals surface area contributed by atoms with E-state index in [-0.39, 0.29) is 5.78 Å². The number of hydrogen-bond donors (Lipinski definition) is 0. The summed E-state index contributed by atoms with van der Waals surface area (Å²) in [5.41, 5.74) is 1.75. The number of halogens is 1. The Labute approximate surface area is 189 Å².